The Morgan fingerprint density at radius 2 is 2.18 bits per heavy atom. The summed E-state index contributed by atoms with van der Waals surface area (Å²) < 4.78 is 5.30. The predicted molar refractivity (Wildman–Crippen MR) is 59.8 cm³/mol. The third-order valence-corrected chi connectivity index (χ3v) is 2.19. The number of carboxylic acid groups (broad SMARTS) is 1. The Bertz CT molecular complexity index is 522. The van der Waals surface area contributed by atoms with E-state index in [4.69, 9.17) is 9.52 Å². The molecule has 2 aromatic rings. The Labute approximate surface area is 97.3 Å². The van der Waals surface area contributed by atoms with Gasteiger partial charge in [-0.2, -0.15) is 0 Å². The van der Waals surface area contributed by atoms with Crippen LogP contribution in [-0.2, 0) is 6.54 Å². The maximum atomic E-state index is 10.8. The van der Waals surface area contributed by atoms with Gasteiger partial charge in [-0.25, -0.2) is 14.8 Å². The molecule has 0 saturated heterocycles. The average Bonchev–Trinajstić information content (AvgIpc) is 2.69. The number of carbonyl (C=O) groups is 1. The molecule has 0 atom stereocenters. The van der Waals surface area contributed by atoms with Crippen LogP contribution in [0.2, 0.25) is 0 Å². The first-order valence-corrected chi connectivity index (χ1v) is 5.00. The lowest BCUT2D eigenvalue weighted by atomic mass is 10.2. The highest BCUT2D eigenvalue weighted by Crippen LogP contribution is 2.15. The minimum absolute atomic E-state index is 0.177. The van der Waals surface area contributed by atoms with Gasteiger partial charge >= 0.3 is 5.97 Å². The number of aryl methyl sites for hydroxylation is 1. The first-order chi connectivity index (χ1) is 8.16. The molecule has 0 aromatic carbocycles. The monoisotopic (exact) mass is 233 g/mol. The van der Waals surface area contributed by atoms with Gasteiger partial charge in [-0.3, -0.25) is 0 Å². The fourth-order valence-electron chi connectivity index (χ4n) is 1.40. The Hall–Kier alpha value is -2.37. The Kier molecular flexibility index (Phi) is 3.04. The summed E-state index contributed by atoms with van der Waals surface area (Å²) in [5, 5.41) is 11.8. The maximum Gasteiger partial charge on any atom is 0.339 e. The number of hydrogen-bond acceptors (Lipinski definition) is 5. The number of aromatic nitrogens is 2. The zero-order valence-corrected chi connectivity index (χ0v) is 9.17. The number of carboxylic acids is 1. The van der Waals surface area contributed by atoms with Gasteiger partial charge < -0.3 is 14.8 Å². The van der Waals surface area contributed by atoms with Gasteiger partial charge in [0.05, 0.1) is 6.54 Å². The Morgan fingerprint density at radius 3 is 2.76 bits per heavy atom. The fourth-order valence-corrected chi connectivity index (χ4v) is 1.40. The first kappa shape index (κ1) is 11.1. The van der Waals surface area contributed by atoms with Crippen molar-refractivity contribution >= 4 is 11.9 Å². The Balaban J connectivity index is 2.05. The predicted octanol–water partition coefficient (Wildman–Crippen LogP) is 1.69. The molecule has 0 aliphatic rings. The van der Waals surface area contributed by atoms with Crippen molar-refractivity contribution in [2.45, 2.75) is 13.5 Å². The smallest absolute Gasteiger partial charge is 0.339 e. The first-order valence-electron chi connectivity index (χ1n) is 5.00. The van der Waals surface area contributed by atoms with Gasteiger partial charge in [0.2, 0.25) is 5.95 Å². The van der Waals surface area contributed by atoms with Gasteiger partial charge in [0.1, 0.15) is 17.1 Å². The molecule has 0 bridgehead atoms. The van der Waals surface area contributed by atoms with Crippen LogP contribution in [0.5, 0.6) is 0 Å². The van der Waals surface area contributed by atoms with Crippen LogP contribution in [0.3, 0.4) is 0 Å². The molecule has 0 fully saturated rings. The summed E-state index contributed by atoms with van der Waals surface area (Å²) >= 11 is 0. The summed E-state index contributed by atoms with van der Waals surface area (Å²) in [5.41, 5.74) is 0.177. The molecule has 0 saturated carbocycles. The summed E-state index contributed by atoms with van der Waals surface area (Å²) in [6.45, 7) is 1.96. The molecule has 2 rings (SSSR count). The van der Waals surface area contributed by atoms with Crippen molar-refractivity contribution in [1.82, 2.24) is 9.97 Å². The topological polar surface area (TPSA) is 88.3 Å². The maximum absolute atomic E-state index is 10.8. The minimum Gasteiger partial charge on any atom is -0.478 e. The molecular formula is C11H11N3O3. The summed E-state index contributed by atoms with van der Waals surface area (Å²) in [4.78, 5) is 18.8. The summed E-state index contributed by atoms with van der Waals surface area (Å²) in [5.74, 6) is 0.405. The van der Waals surface area contributed by atoms with E-state index in [1.54, 1.807) is 25.4 Å². The van der Waals surface area contributed by atoms with Crippen molar-refractivity contribution in [3.63, 3.8) is 0 Å². The molecule has 0 spiro atoms. The van der Waals surface area contributed by atoms with Crippen molar-refractivity contribution in [1.29, 1.82) is 0 Å². The zero-order valence-electron chi connectivity index (χ0n) is 9.17. The highest BCUT2D eigenvalue weighted by Gasteiger charge is 2.13. The quantitative estimate of drug-likeness (QED) is 0.835. The van der Waals surface area contributed by atoms with Gasteiger partial charge in [0.25, 0.3) is 0 Å². The molecule has 2 aromatic heterocycles. The fraction of sp³-hybridized carbons (Fsp3) is 0.182. The molecule has 0 aliphatic heterocycles. The molecule has 2 N–H and O–H groups in total. The van der Waals surface area contributed by atoms with Gasteiger partial charge in [0, 0.05) is 12.4 Å². The van der Waals surface area contributed by atoms with E-state index in [0.29, 0.717) is 24.0 Å². The lowest BCUT2D eigenvalue weighted by molar-refractivity contribution is 0.0695. The second-order valence-electron chi connectivity index (χ2n) is 3.41. The molecule has 17 heavy (non-hydrogen) atoms. The summed E-state index contributed by atoms with van der Waals surface area (Å²) in [7, 11) is 0. The minimum atomic E-state index is -0.992. The van der Waals surface area contributed by atoms with Crippen molar-refractivity contribution in [3.05, 3.63) is 41.6 Å². The molecule has 0 radical (unpaired) electrons. The molecule has 0 aliphatic carbocycles. The highest BCUT2D eigenvalue weighted by molar-refractivity contribution is 5.88. The van der Waals surface area contributed by atoms with E-state index in [-0.39, 0.29) is 5.56 Å². The number of hydrogen-bond donors (Lipinski definition) is 2. The molecule has 6 heteroatoms. The SMILES string of the molecule is Cc1oc(CNc2ncccn2)cc1C(=O)O. The van der Waals surface area contributed by atoms with Crippen LogP contribution in [0, 0.1) is 6.92 Å². The number of rotatable bonds is 4. The van der Waals surface area contributed by atoms with Crippen LogP contribution in [0.15, 0.2) is 28.9 Å². The summed E-state index contributed by atoms with van der Waals surface area (Å²) in [6, 6.07) is 3.21. The molecule has 0 unspecified atom stereocenters. The van der Waals surface area contributed by atoms with E-state index in [1.807, 2.05) is 0 Å². The highest BCUT2D eigenvalue weighted by atomic mass is 16.4. The van der Waals surface area contributed by atoms with Crippen LogP contribution < -0.4 is 5.32 Å². The van der Waals surface area contributed by atoms with Crippen molar-refractivity contribution < 1.29 is 14.3 Å². The molecular weight excluding hydrogens is 222 g/mol. The number of anilines is 1. The van der Waals surface area contributed by atoms with Gasteiger partial charge in [0.15, 0.2) is 0 Å². The van der Waals surface area contributed by atoms with Gasteiger partial charge in [-0.1, -0.05) is 0 Å². The van der Waals surface area contributed by atoms with E-state index in [1.165, 1.54) is 6.07 Å². The van der Waals surface area contributed by atoms with Gasteiger partial charge in [-0.05, 0) is 19.1 Å². The van der Waals surface area contributed by atoms with Crippen LogP contribution in [0.4, 0.5) is 5.95 Å². The van der Waals surface area contributed by atoms with Crippen LogP contribution in [0.1, 0.15) is 21.9 Å². The zero-order chi connectivity index (χ0) is 12.3. The molecule has 2 heterocycles. The number of aromatic carboxylic acids is 1. The van der Waals surface area contributed by atoms with Crippen molar-refractivity contribution in [2.24, 2.45) is 0 Å². The summed E-state index contributed by atoms with van der Waals surface area (Å²) in [6.07, 6.45) is 3.23. The van der Waals surface area contributed by atoms with Crippen LogP contribution in [0.25, 0.3) is 0 Å². The second-order valence-corrected chi connectivity index (χ2v) is 3.41. The third-order valence-electron chi connectivity index (χ3n) is 2.19. The average molecular weight is 233 g/mol. The van der Waals surface area contributed by atoms with Crippen LogP contribution in [-0.4, -0.2) is 21.0 Å². The standard InChI is InChI=1S/C11H11N3O3/c1-7-9(10(15)16)5-8(17-7)6-14-11-12-3-2-4-13-11/h2-5H,6H2,1H3,(H,15,16)(H,12,13,14). The number of nitrogens with zero attached hydrogens (tertiary/aromatic N) is 2. The van der Waals surface area contributed by atoms with Crippen molar-refractivity contribution in [2.75, 3.05) is 5.32 Å². The van der Waals surface area contributed by atoms with Crippen LogP contribution >= 0.6 is 0 Å². The molecule has 0 amide bonds. The van der Waals surface area contributed by atoms with E-state index in [2.05, 4.69) is 15.3 Å². The molecule has 88 valence electrons. The van der Waals surface area contributed by atoms with Crippen molar-refractivity contribution in [3.8, 4) is 0 Å². The third kappa shape index (κ3) is 2.60. The van der Waals surface area contributed by atoms with E-state index >= 15 is 0 Å². The lowest BCUT2D eigenvalue weighted by Crippen LogP contribution is -2.02. The van der Waals surface area contributed by atoms with Gasteiger partial charge in [-0.15, -0.1) is 0 Å². The Morgan fingerprint density at radius 1 is 1.47 bits per heavy atom. The normalized spacial score (nSPS) is 10.2. The number of furan rings is 1. The largest absolute Gasteiger partial charge is 0.478 e. The van der Waals surface area contributed by atoms with E-state index < -0.39 is 5.97 Å². The van der Waals surface area contributed by atoms with E-state index in [0.717, 1.165) is 0 Å². The number of nitrogens with one attached hydrogen (secondary N) is 1. The second kappa shape index (κ2) is 4.65. The van der Waals surface area contributed by atoms with E-state index in [9.17, 15) is 4.79 Å². The lowest BCUT2D eigenvalue weighted by Gasteiger charge is -2.00. The molecule has 6 nitrogen and oxygen atoms in total.